The number of rotatable bonds is 4. The summed E-state index contributed by atoms with van der Waals surface area (Å²) >= 11 is 13.3. The number of hydrogen-bond acceptors (Lipinski definition) is 0. The molecule has 4 aromatic rings. The highest BCUT2D eigenvalue weighted by molar-refractivity contribution is 6.32. The second kappa shape index (κ2) is 9.56. The lowest BCUT2D eigenvalue weighted by Gasteiger charge is -2.34. The lowest BCUT2D eigenvalue weighted by atomic mass is 9.69. The third-order valence-electron chi connectivity index (χ3n) is 8.04. The Morgan fingerprint density at radius 2 is 1.00 bits per heavy atom. The van der Waals surface area contributed by atoms with Gasteiger partial charge in [-0.05, 0) is 88.1 Å². The highest BCUT2D eigenvalue weighted by Gasteiger charge is 2.40. The van der Waals surface area contributed by atoms with Gasteiger partial charge in [0.25, 0.3) is 0 Å². The molecule has 0 unspecified atom stereocenters. The minimum atomic E-state index is -0.0286. The molecule has 0 bridgehead atoms. The molecule has 0 saturated heterocycles. The predicted octanol–water partition coefficient (Wildman–Crippen LogP) is 9.45. The lowest BCUT2D eigenvalue weighted by Crippen LogP contribution is -2.28. The summed E-state index contributed by atoms with van der Waals surface area (Å²) in [6.45, 7) is 8.95. The predicted molar refractivity (Wildman–Crippen MR) is 149 cm³/mol. The number of halogens is 2. The SMILES string of the molecule is Cc1cc(C2(c3cc(C)n(-c4ccccc4Cl)c3C)CCCCCC2)c(C)n1-c1ccccc1Cl. The maximum absolute atomic E-state index is 6.67. The number of aromatic nitrogens is 2. The van der Waals surface area contributed by atoms with Crippen molar-refractivity contribution in [3.63, 3.8) is 0 Å². The molecule has 2 heterocycles. The smallest absolute Gasteiger partial charge is 0.0646 e. The summed E-state index contributed by atoms with van der Waals surface area (Å²) in [4.78, 5) is 0. The molecule has 1 aliphatic carbocycles. The first-order valence-corrected chi connectivity index (χ1v) is 13.5. The Morgan fingerprint density at radius 1 is 0.600 bits per heavy atom. The largest absolute Gasteiger partial charge is 0.317 e. The zero-order valence-corrected chi connectivity index (χ0v) is 22.7. The first kappa shape index (κ1) is 24.3. The van der Waals surface area contributed by atoms with Crippen LogP contribution in [0.2, 0.25) is 10.0 Å². The first-order valence-electron chi connectivity index (χ1n) is 12.7. The van der Waals surface area contributed by atoms with Crippen LogP contribution in [-0.2, 0) is 5.41 Å². The molecule has 0 N–H and O–H groups in total. The molecule has 4 heteroatoms. The van der Waals surface area contributed by atoms with Crippen molar-refractivity contribution in [2.24, 2.45) is 0 Å². The molecule has 0 radical (unpaired) electrons. The van der Waals surface area contributed by atoms with Crippen molar-refractivity contribution in [3.05, 3.63) is 105 Å². The fourth-order valence-corrected chi connectivity index (χ4v) is 6.96. The third-order valence-corrected chi connectivity index (χ3v) is 8.68. The molecule has 5 rings (SSSR count). The van der Waals surface area contributed by atoms with Crippen LogP contribution in [0.25, 0.3) is 11.4 Å². The van der Waals surface area contributed by atoms with Crippen LogP contribution in [0.5, 0.6) is 0 Å². The van der Waals surface area contributed by atoms with E-state index in [0.29, 0.717) is 0 Å². The van der Waals surface area contributed by atoms with Crippen molar-refractivity contribution < 1.29 is 0 Å². The van der Waals surface area contributed by atoms with Crippen LogP contribution < -0.4 is 0 Å². The Labute approximate surface area is 219 Å². The van der Waals surface area contributed by atoms with Gasteiger partial charge in [-0.15, -0.1) is 0 Å². The number of para-hydroxylation sites is 2. The van der Waals surface area contributed by atoms with Crippen molar-refractivity contribution in [3.8, 4) is 11.4 Å². The normalized spacial score (nSPS) is 15.8. The minimum absolute atomic E-state index is 0.0286. The maximum Gasteiger partial charge on any atom is 0.0646 e. The van der Waals surface area contributed by atoms with Crippen molar-refractivity contribution in [1.29, 1.82) is 0 Å². The quantitative estimate of drug-likeness (QED) is 0.245. The molecule has 0 aliphatic heterocycles. The van der Waals surface area contributed by atoms with Gasteiger partial charge in [-0.2, -0.15) is 0 Å². The number of hydrogen-bond donors (Lipinski definition) is 0. The van der Waals surface area contributed by atoms with Crippen LogP contribution >= 0.6 is 23.2 Å². The Balaban J connectivity index is 1.75. The van der Waals surface area contributed by atoms with Gasteiger partial charge in [-0.1, -0.05) is 73.2 Å². The topological polar surface area (TPSA) is 9.86 Å². The van der Waals surface area contributed by atoms with Gasteiger partial charge in [0.1, 0.15) is 0 Å². The van der Waals surface area contributed by atoms with Crippen molar-refractivity contribution in [1.82, 2.24) is 9.13 Å². The van der Waals surface area contributed by atoms with E-state index in [1.165, 1.54) is 59.6 Å². The van der Waals surface area contributed by atoms with Gasteiger partial charge >= 0.3 is 0 Å². The van der Waals surface area contributed by atoms with Crippen molar-refractivity contribution in [2.75, 3.05) is 0 Å². The van der Waals surface area contributed by atoms with Gasteiger partial charge < -0.3 is 9.13 Å². The van der Waals surface area contributed by atoms with Crippen LogP contribution in [0.3, 0.4) is 0 Å². The molecule has 0 spiro atoms. The van der Waals surface area contributed by atoms with E-state index in [1.807, 2.05) is 24.3 Å². The number of aryl methyl sites for hydroxylation is 2. The van der Waals surface area contributed by atoms with Gasteiger partial charge in [0.05, 0.1) is 21.4 Å². The summed E-state index contributed by atoms with van der Waals surface area (Å²) in [5.41, 5.74) is 10.0. The van der Waals surface area contributed by atoms with E-state index in [9.17, 15) is 0 Å². The average Bonchev–Trinajstić information content (AvgIpc) is 3.17. The molecule has 2 aromatic heterocycles. The van der Waals surface area contributed by atoms with E-state index in [0.717, 1.165) is 34.3 Å². The van der Waals surface area contributed by atoms with E-state index in [1.54, 1.807) is 0 Å². The number of benzene rings is 2. The van der Waals surface area contributed by atoms with Gasteiger partial charge in [0, 0.05) is 28.2 Å². The highest BCUT2D eigenvalue weighted by Crippen LogP contribution is 2.48. The summed E-state index contributed by atoms with van der Waals surface area (Å²) in [6.07, 6.45) is 7.40. The molecule has 2 nitrogen and oxygen atoms in total. The summed E-state index contributed by atoms with van der Waals surface area (Å²) in [7, 11) is 0. The molecule has 1 aliphatic rings. The first-order chi connectivity index (χ1) is 16.8. The minimum Gasteiger partial charge on any atom is -0.317 e. The summed E-state index contributed by atoms with van der Waals surface area (Å²) < 4.78 is 4.69. The van der Waals surface area contributed by atoms with Crippen LogP contribution in [0, 0.1) is 27.7 Å². The second-order valence-corrected chi connectivity index (χ2v) is 11.0. The second-order valence-electron chi connectivity index (χ2n) is 10.1. The molecule has 1 fully saturated rings. The van der Waals surface area contributed by atoms with E-state index in [2.05, 4.69) is 73.2 Å². The molecule has 0 amide bonds. The number of nitrogens with zero attached hydrogens (tertiary/aromatic N) is 2. The van der Waals surface area contributed by atoms with Crippen LogP contribution in [-0.4, -0.2) is 9.13 Å². The Morgan fingerprint density at radius 3 is 1.40 bits per heavy atom. The highest BCUT2D eigenvalue weighted by atomic mass is 35.5. The van der Waals surface area contributed by atoms with Crippen LogP contribution in [0.1, 0.15) is 72.4 Å². The fraction of sp³-hybridized carbons (Fsp3) is 0.355. The monoisotopic (exact) mass is 504 g/mol. The molecule has 0 atom stereocenters. The summed E-state index contributed by atoms with van der Waals surface area (Å²) in [6, 6.07) is 21.2. The lowest BCUT2D eigenvalue weighted by molar-refractivity contribution is 0.441. The standard InChI is InChI=1S/C31H34Cl2N2/c1-21-19-25(23(3)34(21)29-15-9-7-13-27(29)32)31(17-11-5-6-12-18-31)26-20-22(2)35(24(26)4)30-16-10-8-14-28(30)33/h7-10,13-16,19-20H,5-6,11-12,17-18H2,1-4H3. The Hall–Kier alpha value is -2.42. The van der Waals surface area contributed by atoms with E-state index in [-0.39, 0.29) is 5.41 Å². The maximum atomic E-state index is 6.67. The third kappa shape index (κ3) is 4.05. The van der Waals surface area contributed by atoms with E-state index in [4.69, 9.17) is 23.2 Å². The Bertz CT molecular complexity index is 1270. The molecular formula is C31H34Cl2N2. The fourth-order valence-electron chi connectivity index (χ4n) is 6.52. The van der Waals surface area contributed by atoms with Gasteiger partial charge in [-0.3, -0.25) is 0 Å². The molecule has 182 valence electrons. The van der Waals surface area contributed by atoms with E-state index >= 15 is 0 Å². The molecule has 35 heavy (non-hydrogen) atoms. The zero-order chi connectivity index (χ0) is 24.7. The summed E-state index contributed by atoms with van der Waals surface area (Å²) in [5.74, 6) is 0. The van der Waals surface area contributed by atoms with Crippen molar-refractivity contribution >= 4 is 23.2 Å². The van der Waals surface area contributed by atoms with Gasteiger partial charge in [-0.25, -0.2) is 0 Å². The van der Waals surface area contributed by atoms with Crippen LogP contribution in [0.15, 0.2) is 60.7 Å². The van der Waals surface area contributed by atoms with Crippen LogP contribution in [0.4, 0.5) is 0 Å². The van der Waals surface area contributed by atoms with Crippen molar-refractivity contribution in [2.45, 2.75) is 71.6 Å². The van der Waals surface area contributed by atoms with Gasteiger partial charge in [0.15, 0.2) is 0 Å². The summed E-state index contributed by atoms with van der Waals surface area (Å²) in [5, 5.41) is 1.57. The Kier molecular flexibility index (Phi) is 6.63. The average molecular weight is 506 g/mol. The molecule has 2 aromatic carbocycles. The van der Waals surface area contributed by atoms with Gasteiger partial charge in [0.2, 0.25) is 0 Å². The molecule has 1 saturated carbocycles. The van der Waals surface area contributed by atoms with E-state index < -0.39 is 0 Å². The molecular weight excluding hydrogens is 471 g/mol. The zero-order valence-electron chi connectivity index (χ0n) is 21.2.